The fraction of sp³-hybridized carbons (Fsp3) is 0.667. The summed E-state index contributed by atoms with van der Waals surface area (Å²) in [4.78, 5) is 11.3. The first-order valence-electron chi connectivity index (χ1n) is 6.39. The van der Waals surface area contributed by atoms with Crippen LogP contribution >= 0.6 is 0 Å². The summed E-state index contributed by atoms with van der Waals surface area (Å²) in [5.41, 5.74) is 2.63. The second kappa shape index (κ2) is 5.31. The van der Waals surface area contributed by atoms with Crippen LogP contribution in [0, 0.1) is 0 Å². The third-order valence-corrected chi connectivity index (χ3v) is 3.00. The second-order valence-electron chi connectivity index (χ2n) is 4.44. The molecule has 1 aliphatic carbocycles. The number of anilines is 2. The zero-order valence-electron chi connectivity index (χ0n) is 10.6. The third kappa shape index (κ3) is 2.85. The van der Waals surface area contributed by atoms with Crippen LogP contribution in [0.3, 0.4) is 0 Å². The zero-order chi connectivity index (χ0) is 12.3. The van der Waals surface area contributed by atoms with Crippen LogP contribution in [0.1, 0.15) is 38.9 Å². The Balaban J connectivity index is 2.27. The normalized spacial score (nSPS) is 14.8. The van der Waals surface area contributed by atoms with Crippen molar-refractivity contribution in [1.29, 1.82) is 0 Å². The highest BCUT2D eigenvalue weighted by Crippen LogP contribution is 2.31. The SMILES string of the molecule is CCCc1nc(NN)cc(N(CC)C2CC2)n1. The van der Waals surface area contributed by atoms with Crippen molar-refractivity contribution in [3.63, 3.8) is 0 Å². The molecule has 0 saturated heterocycles. The molecule has 17 heavy (non-hydrogen) atoms. The van der Waals surface area contributed by atoms with Crippen molar-refractivity contribution in [3.05, 3.63) is 11.9 Å². The van der Waals surface area contributed by atoms with Crippen molar-refractivity contribution in [2.24, 2.45) is 5.84 Å². The highest BCUT2D eigenvalue weighted by atomic mass is 15.3. The van der Waals surface area contributed by atoms with E-state index in [1.54, 1.807) is 0 Å². The highest BCUT2D eigenvalue weighted by Gasteiger charge is 2.29. The topological polar surface area (TPSA) is 67.1 Å². The van der Waals surface area contributed by atoms with Gasteiger partial charge >= 0.3 is 0 Å². The van der Waals surface area contributed by atoms with Gasteiger partial charge in [0.25, 0.3) is 0 Å². The molecule has 0 unspecified atom stereocenters. The van der Waals surface area contributed by atoms with Crippen molar-refractivity contribution in [2.75, 3.05) is 16.9 Å². The van der Waals surface area contributed by atoms with Crippen LogP contribution in [0.15, 0.2) is 6.07 Å². The van der Waals surface area contributed by atoms with E-state index in [-0.39, 0.29) is 0 Å². The van der Waals surface area contributed by atoms with E-state index in [9.17, 15) is 0 Å². The van der Waals surface area contributed by atoms with Gasteiger partial charge in [0.05, 0.1) is 0 Å². The molecule has 0 amide bonds. The average Bonchev–Trinajstić information content (AvgIpc) is 3.15. The van der Waals surface area contributed by atoms with Gasteiger partial charge in [-0.15, -0.1) is 0 Å². The molecule has 5 nitrogen and oxygen atoms in total. The summed E-state index contributed by atoms with van der Waals surface area (Å²) in [5, 5.41) is 0. The van der Waals surface area contributed by atoms with Gasteiger partial charge in [-0.3, -0.25) is 0 Å². The van der Waals surface area contributed by atoms with Crippen LogP contribution in [0.25, 0.3) is 0 Å². The molecule has 0 bridgehead atoms. The molecule has 1 aromatic heterocycles. The number of nitrogen functional groups attached to an aromatic ring is 1. The van der Waals surface area contributed by atoms with Crippen molar-refractivity contribution in [1.82, 2.24) is 9.97 Å². The smallest absolute Gasteiger partial charge is 0.145 e. The van der Waals surface area contributed by atoms with Gasteiger partial charge in [-0.05, 0) is 26.2 Å². The highest BCUT2D eigenvalue weighted by molar-refractivity contribution is 5.50. The Bertz CT molecular complexity index is 375. The lowest BCUT2D eigenvalue weighted by Gasteiger charge is -2.22. The van der Waals surface area contributed by atoms with E-state index in [4.69, 9.17) is 5.84 Å². The van der Waals surface area contributed by atoms with Crippen molar-refractivity contribution in [2.45, 2.75) is 45.6 Å². The fourth-order valence-electron chi connectivity index (χ4n) is 2.03. The Hall–Kier alpha value is -1.36. The third-order valence-electron chi connectivity index (χ3n) is 3.00. The summed E-state index contributed by atoms with van der Waals surface area (Å²) in [6.45, 7) is 5.27. The lowest BCUT2D eigenvalue weighted by atomic mass is 10.3. The maximum absolute atomic E-state index is 5.46. The number of rotatable bonds is 6. The molecule has 0 radical (unpaired) electrons. The minimum absolute atomic E-state index is 0.662. The van der Waals surface area contributed by atoms with Gasteiger partial charge in [0.1, 0.15) is 17.5 Å². The number of nitrogens with two attached hydrogens (primary N) is 1. The first-order chi connectivity index (χ1) is 8.28. The summed E-state index contributed by atoms with van der Waals surface area (Å²) >= 11 is 0. The molecule has 2 rings (SSSR count). The van der Waals surface area contributed by atoms with Gasteiger partial charge in [0.2, 0.25) is 0 Å². The Labute approximate surface area is 102 Å². The Morgan fingerprint density at radius 3 is 2.71 bits per heavy atom. The lowest BCUT2D eigenvalue weighted by molar-refractivity contribution is 0.777. The van der Waals surface area contributed by atoms with E-state index < -0.39 is 0 Å². The maximum atomic E-state index is 5.46. The molecular weight excluding hydrogens is 214 g/mol. The average molecular weight is 235 g/mol. The zero-order valence-corrected chi connectivity index (χ0v) is 10.6. The molecule has 1 aromatic rings. The number of hydrogen-bond acceptors (Lipinski definition) is 5. The van der Waals surface area contributed by atoms with Gasteiger partial charge in [-0.1, -0.05) is 6.92 Å². The summed E-state index contributed by atoms with van der Waals surface area (Å²) in [6.07, 6.45) is 4.48. The molecule has 1 fully saturated rings. The van der Waals surface area contributed by atoms with Gasteiger partial charge < -0.3 is 10.3 Å². The molecule has 94 valence electrons. The van der Waals surface area contributed by atoms with Crippen molar-refractivity contribution in [3.8, 4) is 0 Å². The summed E-state index contributed by atoms with van der Waals surface area (Å²) in [7, 11) is 0. The summed E-state index contributed by atoms with van der Waals surface area (Å²) < 4.78 is 0. The second-order valence-corrected chi connectivity index (χ2v) is 4.44. The number of hydrazine groups is 1. The van der Waals surface area contributed by atoms with Crippen LogP contribution in [0.5, 0.6) is 0 Å². The van der Waals surface area contributed by atoms with Gasteiger partial charge in [-0.25, -0.2) is 15.8 Å². The van der Waals surface area contributed by atoms with E-state index in [0.717, 1.165) is 31.0 Å². The van der Waals surface area contributed by atoms with Gasteiger partial charge in [0.15, 0.2) is 0 Å². The van der Waals surface area contributed by atoms with Gasteiger partial charge in [-0.2, -0.15) is 0 Å². The van der Waals surface area contributed by atoms with Crippen LogP contribution in [-0.4, -0.2) is 22.6 Å². The summed E-state index contributed by atoms with van der Waals surface area (Å²) in [5.74, 6) is 8.04. The van der Waals surface area contributed by atoms with E-state index in [0.29, 0.717) is 11.9 Å². The van der Waals surface area contributed by atoms with Crippen LogP contribution in [0.2, 0.25) is 0 Å². The molecule has 0 aromatic carbocycles. The largest absolute Gasteiger partial charge is 0.354 e. The molecule has 0 spiro atoms. The van der Waals surface area contributed by atoms with Crippen LogP contribution in [-0.2, 0) is 6.42 Å². The predicted octanol–water partition coefficient (Wildman–Crippen LogP) is 1.70. The Kier molecular flexibility index (Phi) is 3.78. The summed E-state index contributed by atoms with van der Waals surface area (Å²) in [6, 6.07) is 2.59. The maximum Gasteiger partial charge on any atom is 0.145 e. The minimum Gasteiger partial charge on any atom is -0.354 e. The molecule has 3 N–H and O–H groups in total. The number of aryl methyl sites for hydroxylation is 1. The molecule has 5 heteroatoms. The van der Waals surface area contributed by atoms with E-state index in [1.165, 1.54) is 12.8 Å². The standard InChI is InChI=1S/C12H21N5/c1-3-5-10-14-11(16-13)8-12(15-10)17(4-2)9-6-7-9/h8-9H,3-7,13H2,1-2H3,(H,14,15,16). The number of nitrogens with one attached hydrogen (secondary N) is 1. The molecule has 0 aliphatic heterocycles. The monoisotopic (exact) mass is 235 g/mol. The number of hydrogen-bond donors (Lipinski definition) is 2. The molecule has 0 atom stereocenters. The lowest BCUT2D eigenvalue weighted by Crippen LogP contribution is -2.27. The van der Waals surface area contributed by atoms with E-state index in [1.807, 2.05) is 6.07 Å². The molecular formula is C12H21N5. The van der Waals surface area contributed by atoms with Crippen molar-refractivity contribution >= 4 is 11.6 Å². The quantitative estimate of drug-likeness (QED) is 0.580. The number of nitrogens with zero attached hydrogens (tertiary/aromatic N) is 3. The number of aromatic nitrogens is 2. The minimum atomic E-state index is 0.662. The Morgan fingerprint density at radius 2 is 2.18 bits per heavy atom. The molecule has 1 aliphatic rings. The fourth-order valence-corrected chi connectivity index (χ4v) is 2.03. The first kappa shape index (κ1) is 12.1. The van der Waals surface area contributed by atoms with E-state index >= 15 is 0 Å². The van der Waals surface area contributed by atoms with Crippen molar-refractivity contribution < 1.29 is 0 Å². The molecule has 1 saturated carbocycles. The first-order valence-corrected chi connectivity index (χ1v) is 6.39. The molecule has 1 heterocycles. The Morgan fingerprint density at radius 1 is 1.41 bits per heavy atom. The van der Waals surface area contributed by atoms with Crippen LogP contribution < -0.4 is 16.2 Å². The van der Waals surface area contributed by atoms with Crippen LogP contribution in [0.4, 0.5) is 11.6 Å². The predicted molar refractivity (Wildman–Crippen MR) is 69.9 cm³/mol. The van der Waals surface area contributed by atoms with E-state index in [2.05, 4.69) is 34.1 Å². The van der Waals surface area contributed by atoms with Gasteiger partial charge in [0, 0.05) is 25.1 Å².